The van der Waals surface area contributed by atoms with Crippen LogP contribution < -0.4 is 5.32 Å². The largest absolute Gasteiger partial charge is 0.444 e. The summed E-state index contributed by atoms with van der Waals surface area (Å²) in [6, 6.07) is 0. The minimum Gasteiger partial charge on any atom is -0.444 e. The molecule has 106 valence electrons. The number of ether oxygens (including phenoxy) is 1. The Balaban J connectivity index is 2.22. The van der Waals surface area contributed by atoms with Crippen LogP contribution in [0.3, 0.4) is 0 Å². The molecule has 0 aromatic carbocycles. The number of hydrogen-bond acceptors (Lipinski definition) is 3. The van der Waals surface area contributed by atoms with E-state index in [9.17, 15) is 4.79 Å². The fraction of sp³-hybridized carbons (Fsp3) is 0.929. The van der Waals surface area contributed by atoms with Crippen LogP contribution in [0.15, 0.2) is 0 Å². The monoisotopic (exact) mass is 256 g/mol. The number of likely N-dealkylation sites (tertiary alicyclic amines) is 1. The Morgan fingerprint density at radius 1 is 1.44 bits per heavy atom. The maximum atomic E-state index is 11.9. The summed E-state index contributed by atoms with van der Waals surface area (Å²) in [4.78, 5) is 13.7. The van der Waals surface area contributed by atoms with Gasteiger partial charge in [-0.2, -0.15) is 0 Å². The van der Waals surface area contributed by atoms with Gasteiger partial charge in [-0.1, -0.05) is 13.3 Å². The topological polar surface area (TPSA) is 41.6 Å². The van der Waals surface area contributed by atoms with Gasteiger partial charge in [-0.3, -0.25) is 0 Å². The SMILES string of the molecule is CCCCNCC1CCN(C(=O)OC(C)(C)C)C1. The zero-order chi connectivity index (χ0) is 13.6. The molecule has 4 nitrogen and oxygen atoms in total. The number of hydrogen-bond donors (Lipinski definition) is 1. The molecule has 1 heterocycles. The summed E-state index contributed by atoms with van der Waals surface area (Å²) in [5.41, 5.74) is -0.394. The predicted octanol–water partition coefficient (Wildman–Crippen LogP) is 2.63. The second-order valence-corrected chi connectivity index (χ2v) is 6.14. The summed E-state index contributed by atoms with van der Waals surface area (Å²) in [5, 5.41) is 3.46. The number of rotatable bonds is 5. The first-order chi connectivity index (χ1) is 8.42. The first-order valence-corrected chi connectivity index (χ1v) is 7.11. The van der Waals surface area contributed by atoms with E-state index in [4.69, 9.17) is 4.74 Å². The van der Waals surface area contributed by atoms with Gasteiger partial charge in [0.1, 0.15) is 5.60 Å². The number of amides is 1. The lowest BCUT2D eigenvalue weighted by atomic mass is 10.1. The highest BCUT2D eigenvalue weighted by atomic mass is 16.6. The third-order valence-electron chi connectivity index (χ3n) is 3.08. The smallest absolute Gasteiger partial charge is 0.410 e. The average molecular weight is 256 g/mol. The molecule has 1 aliphatic rings. The Bertz CT molecular complexity index is 261. The number of carbonyl (C=O) groups is 1. The molecular formula is C14H28N2O2. The lowest BCUT2D eigenvalue weighted by Gasteiger charge is -2.24. The van der Waals surface area contributed by atoms with E-state index in [1.165, 1.54) is 12.8 Å². The number of nitrogens with zero attached hydrogens (tertiary/aromatic N) is 1. The summed E-state index contributed by atoms with van der Waals surface area (Å²) < 4.78 is 5.38. The van der Waals surface area contributed by atoms with Gasteiger partial charge in [-0.15, -0.1) is 0 Å². The lowest BCUT2D eigenvalue weighted by Crippen LogP contribution is -2.36. The average Bonchev–Trinajstić information content (AvgIpc) is 2.71. The minimum atomic E-state index is -0.394. The van der Waals surface area contributed by atoms with Crippen molar-refractivity contribution in [3.63, 3.8) is 0 Å². The van der Waals surface area contributed by atoms with Crippen LogP contribution >= 0.6 is 0 Å². The molecule has 1 rings (SSSR count). The Labute approximate surface area is 111 Å². The fourth-order valence-electron chi connectivity index (χ4n) is 2.10. The predicted molar refractivity (Wildman–Crippen MR) is 73.7 cm³/mol. The third kappa shape index (κ3) is 5.71. The van der Waals surface area contributed by atoms with Crippen molar-refractivity contribution in [3.8, 4) is 0 Å². The maximum Gasteiger partial charge on any atom is 0.410 e. The second-order valence-electron chi connectivity index (χ2n) is 6.14. The van der Waals surface area contributed by atoms with Gasteiger partial charge >= 0.3 is 6.09 Å². The molecule has 0 radical (unpaired) electrons. The maximum absolute atomic E-state index is 11.9. The normalized spacial score (nSPS) is 20.2. The van der Waals surface area contributed by atoms with Crippen molar-refractivity contribution in [1.82, 2.24) is 10.2 Å². The van der Waals surface area contributed by atoms with Crippen molar-refractivity contribution in [2.75, 3.05) is 26.2 Å². The lowest BCUT2D eigenvalue weighted by molar-refractivity contribution is 0.0288. The van der Waals surface area contributed by atoms with Crippen LogP contribution in [0.2, 0.25) is 0 Å². The highest BCUT2D eigenvalue weighted by Gasteiger charge is 2.29. The molecule has 4 heteroatoms. The van der Waals surface area contributed by atoms with Gasteiger partial charge in [0.05, 0.1) is 0 Å². The van der Waals surface area contributed by atoms with Crippen molar-refractivity contribution < 1.29 is 9.53 Å². The zero-order valence-electron chi connectivity index (χ0n) is 12.3. The second kappa shape index (κ2) is 6.98. The van der Waals surface area contributed by atoms with Crippen LogP contribution in [-0.2, 0) is 4.74 Å². The van der Waals surface area contributed by atoms with Crippen molar-refractivity contribution in [2.45, 2.75) is 52.6 Å². The number of carbonyl (C=O) groups excluding carboxylic acids is 1. The Kier molecular flexibility index (Phi) is 5.93. The summed E-state index contributed by atoms with van der Waals surface area (Å²) in [5.74, 6) is 0.578. The molecule has 1 fully saturated rings. The van der Waals surface area contributed by atoms with Crippen LogP contribution in [0.1, 0.15) is 47.0 Å². The van der Waals surface area contributed by atoms with E-state index in [0.717, 1.165) is 32.6 Å². The quantitative estimate of drug-likeness (QED) is 0.769. The van der Waals surface area contributed by atoms with Crippen molar-refractivity contribution in [3.05, 3.63) is 0 Å². The molecule has 0 aromatic heterocycles. The molecule has 0 aliphatic carbocycles. The molecule has 1 unspecified atom stereocenters. The van der Waals surface area contributed by atoms with E-state index in [1.54, 1.807) is 0 Å². The van der Waals surface area contributed by atoms with Crippen LogP contribution in [-0.4, -0.2) is 42.8 Å². The zero-order valence-corrected chi connectivity index (χ0v) is 12.3. The fourth-order valence-corrected chi connectivity index (χ4v) is 2.10. The number of nitrogens with one attached hydrogen (secondary N) is 1. The van der Waals surface area contributed by atoms with Crippen molar-refractivity contribution in [1.29, 1.82) is 0 Å². The molecule has 1 saturated heterocycles. The summed E-state index contributed by atoms with van der Waals surface area (Å²) >= 11 is 0. The minimum absolute atomic E-state index is 0.168. The Morgan fingerprint density at radius 2 is 2.17 bits per heavy atom. The molecule has 0 saturated carbocycles. The van der Waals surface area contributed by atoms with Gasteiger partial charge < -0.3 is 15.0 Å². The van der Waals surface area contributed by atoms with Gasteiger partial charge in [0, 0.05) is 13.1 Å². The highest BCUT2D eigenvalue weighted by molar-refractivity contribution is 5.68. The molecule has 0 spiro atoms. The van der Waals surface area contributed by atoms with E-state index < -0.39 is 5.60 Å². The molecule has 0 aromatic rings. The van der Waals surface area contributed by atoms with E-state index in [1.807, 2.05) is 25.7 Å². The molecule has 1 N–H and O–H groups in total. The molecule has 0 bridgehead atoms. The third-order valence-corrected chi connectivity index (χ3v) is 3.08. The summed E-state index contributed by atoms with van der Waals surface area (Å²) in [6.45, 7) is 11.7. The van der Waals surface area contributed by atoms with Gasteiger partial charge in [-0.05, 0) is 52.6 Å². The Hall–Kier alpha value is -0.770. The molecular weight excluding hydrogens is 228 g/mol. The standard InChI is InChI=1S/C14H28N2O2/c1-5-6-8-15-10-12-7-9-16(11-12)13(17)18-14(2,3)4/h12,15H,5-11H2,1-4H3. The van der Waals surface area contributed by atoms with Crippen LogP contribution in [0.25, 0.3) is 0 Å². The van der Waals surface area contributed by atoms with Crippen LogP contribution in [0.5, 0.6) is 0 Å². The van der Waals surface area contributed by atoms with E-state index in [0.29, 0.717) is 5.92 Å². The van der Waals surface area contributed by atoms with Crippen molar-refractivity contribution in [2.24, 2.45) is 5.92 Å². The van der Waals surface area contributed by atoms with Gasteiger partial charge in [0.25, 0.3) is 0 Å². The van der Waals surface area contributed by atoms with Crippen molar-refractivity contribution >= 4 is 6.09 Å². The van der Waals surface area contributed by atoms with Gasteiger partial charge in [0.2, 0.25) is 0 Å². The van der Waals surface area contributed by atoms with Gasteiger partial charge in [0.15, 0.2) is 0 Å². The first-order valence-electron chi connectivity index (χ1n) is 7.11. The molecule has 1 aliphatic heterocycles. The van der Waals surface area contributed by atoms with E-state index in [-0.39, 0.29) is 6.09 Å². The van der Waals surface area contributed by atoms with Gasteiger partial charge in [-0.25, -0.2) is 4.79 Å². The van der Waals surface area contributed by atoms with Crippen LogP contribution in [0.4, 0.5) is 4.79 Å². The van der Waals surface area contributed by atoms with E-state index >= 15 is 0 Å². The molecule has 1 atom stereocenters. The summed E-state index contributed by atoms with van der Waals surface area (Å²) in [6.07, 6.45) is 3.36. The molecule has 1 amide bonds. The van der Waals surface area contributed by atoms with E-state index in [2.05, 4.69) is 12.2 Å². The highest BCUT2D eigenvalue weighted by Crippen LogP contribution is 2.18. The summed E-state index contributed by atoms with van der Waals surface area (Å²) in [7, 11) is 0. The molecule has 18 heavy (non-hydrogen) atoms. The van der Waals surface area contributed by atoms with Crippen LogP contribution in [0, 0.1) is 5.92 Å². The first kappa shape index (κ1) is 15.3. The number of unbranched alkanes of at least 4 members (excludes halogenated alkanes) is 1. The Morgan fingerprint density at radius 3 is 2.78 bits per heavy atom.